The topological polar surface area (TPSA) is 47.3 Å². The van der Waals surface area contributed by atoms with Gasteiger partial charge < -0.3 is 14.6 Å². The van der Waals surface area contributed by atoms with Crippen molar-refractivity contribution in [2.24, 2.45) is 0 Å². The molecule has 1 aliphatic carbocycles. The number of hydrogen-bond acceptors (Lipinski definition) is 4. The van der Waals surface area contributed by atoms with E-state index in [4.69, 9.17) is 9.26 Å². The van der Waals surface area contributed by atoms with Gasteiger partial charge in [-0.25, -0.2) is 0 Å². The van der Waals surface area contributed by atoms with Gasteiger partial charge in [-0.1, -0.05) is 11.2 Å². The Kier molecular flexibility index (Phi) is 3.74. The van der Waals surface area contributed by atoms with E-state index < -0.39 is 0 Å². The number of aryl methyl sites for hydroxylation is 2. The van der Waals surface area contributed by atoms with Crippen molar-refractivity contribution in [3.05, 3.63) is 46.8 Å². The lowest BCUT2D eigenvalue weighted by molar-refractivity contribution is 0.248. The summed E-state index contributed by atoms with van der Waals surface area (Å²) < 4.78 is 10.9. The fraction of sp³-hybridized carbons (Fsp3) is 0.438. The molecular weight excluding hydrogens is 252 g/mol. The number of ether oxygens (including phenoxy) is 1. The summed E-state index contributed by atoms with van der Waals surface area (Å²) in [6.07, 6.45) is 3.57. The SMILES string of the molecule is CNC1CCCc2cc(OCc3cc(C)no3)ccc21. The minimum absolute atomic E-state index is 0.426. The molecule has 4 heteroatoms. The Labute approximate surface area is 119 Å². The summed E-state index contributed by atoms with van der Waals surface area (Å²) in [6, 6.07) is 8.75. The molecule has 0 saturated heterocycles. The molecule has 1 aromatic carbocycles. The Hall–Kier alpha value is -1.81. The molecule has 20 heavy (non-hydrogen) atoms. The van der Waals surface area contributed by atoms with Crippen molar-refractivity contribution in [3.8, 4) is 5.75 Å². The zero-order valence-corrected chi connectivity index (χ0v) is 12.0. The smallest absolute Gasteiger partial charge is 0.174 e. The Morgan fingerprint density at radius 2 is 2.30 bits per heavy atom. The molecule has 1 aromatic heterocycles. The molecule has 0 fully saturated rings. The van der Waals surface area contributed by atoms with Crippen LogP contribution in [0, 0.1) is 6.92 Å². The Morgan fingerprint density at radius 3 is 3.05 bits per heavy atom. The minimum atomic E-state index is 0.426. The van der Waals surface area contributed by atoms with Crippen LogP contribution in [-0.4, -0.2) is 12.2 Å². The second-order valence-electron chi connectivity index (χ2n) is 5.32. The summed E-state index contributed by atoms with van der Waals surface area (Å²) in [5.41, 5.74) is 3.68. The molecule has 0 radical (unpaired) electrons. The fourth-order valence-electron chi connectivity index (χ4n) is 2.82. The second kappa shape index (κ2) is 5.67. The van der Waals surface area contributed by atoms with Crippen molar-refractivity contribution in [1.29, 1.82) is 0 Å². The van der Waals surface area contributed by atoms with Crippen LogP contribution in [0.5, 0.6) is 5.75 Å². The highest BCUT2D eigenvalue weighted by atomic mass is 16.5. The molecule has 0 saturated carbocycles. The zero-order chi connectivity index (χ0) is 13.9. The predicted octanol–water partition coefficient (Wildman–Crippen LogP) is 3.16. The lowest BCUT2D eigenvalue weighted by Crippen LogP contribution is -2.21. The van der Waals surface area contributed by atoms with Crippen molar-refractivity contribution in [2.45, 2.75) is 38.8 Å². The molecule has 3 rings (SSSR count). The van der Waals surface area contributed by atoms with Gasteiger partial charge in [0, 0.05) is 12.1 Å². The molecule has 2 aromatic rings. The van der Waals surface area contributed by atoms with Crippen LogP contribution in [0.3, 0.4) is 0 Å². The van der Waals surface area contributed by atoms with Crippen LogP contribution in [0.1, 0.15) is 41.5 Å². The van der Waals surface area contributed by atoms with Gasteiger partial charge in [-0.05, 0) is 56.5 Å². The van der Waals surface area contributed by atoms with E-state index in [0.29, 0.717) is 12.6 Å². The summed E-state index contributed by atoms with van der Waals surface area (Å²) in [6.45, 7) is 2.33. The molecule has 0 amide bonds. The largest absolute Gasteiger partial charge is 0.486 e. The Balaban J connectivity index is 1.72. The van der Waals surface area contributed by atoms with Gasteiger partial charge in [0.05, 0.1) is 5.69 Å². The summed E-state index contributed by atoms with van der Waals surface area (Å²) in [7, 11) is 2.02. The summed E-state index contributed by atoms with van der Waals surface area (Å²) in [4.78, 5) is 0. The molecule has 1 aliphatic rings. The molecule has 0 bridgehead atoms. The van der Waals surface area contributed by atoms with E-state index in [1.165, 1.54) is 24.0 Å². The monoisotopic (exact) mass is 272 g/mol. The van der Waals surface area contributed by atoms with E-state index in [2.05, 4.69) is 22.6 Å². The van der Waals surface area contributed by atoms with Crippen LogP contribution in [0.2, 0.25) is 0 Å². The lowest BCUT2D eigenvalue weighted by atomic mass is 9.87. The third-order valence-electron chi connectivity index (χ3n) is 3.84. The number of rotatable bonds is 4. The van der Waals surface area contributed by atoms with Gasteiger partial charge in [0.1, 0.15) is 12.4 Å². The van der Waals surface area contributed by atoms with E-state index in [9.17, 15) is 0 Å². The molecule has 1 unspecified atom stereocenters. The van der Waals surface area contributed by atoms with Crippen LogP contribution in [0.4, 0.5) is 0 Å². The van der Waals surface area contributed by atoms with E-state index in [0.717, 1.165) is 23.6 Å². The number of nitrogens with one attached hydrogen (secondary N) is 1. The Bertz CT molecular complexity index is 592. The zero-order valence-electron chi connectivity index (χ0n) is 12.0. The molecule has 0 aliphatic heterocycles. The van der Waals surface area contributed by atoms with Gasteiger partial charge in [-0.3, -0.25) is 0 Å². The second-order valence-corrected chi connectivity index (χ2v) is 5.32. The normalized spacial score (nSPS) is 17.8. The van der Waals surface area contributed by atoms with Crippen molar-refractivity contribution >= 4 is 0 Å². The highest BCUT2D eigenvalue weighted by Crippen LogP contribution is 2.32. The van der Waals surface area contributed by atoms with Gasteiger partial charge in [0.25, 0.3) is 0 Å². The first kappa shape index (κ1) is 13.2. The van der Waals surface area contributed by atoms with E-state index in [-0.39, 0.29) is 0 Å². The van der Waals surface area contributed by atoms with Gasteiger partial charge >= 0.3 is 0 Å². The van der Waals surface area contributed by atoms with Crippen molar-refractivity contribution < 1.29 is 9.26 Å². The highest BCUT2D eigenvalue weighted by molar-refractivity contribution is 5.39. The maximum atomic E-state index is 5.79. The van der Waals surface area contributed by atoms with Crippen molar-refractivity contribution in [3.63, 3.8) is 0 Å². The van der Waals surface area contributed by atoms with E-state index in [1.807, 2.05) is 26.1 Å². The molecule has 1 N–H and O–H groups in total. The number of aromatic nitrogens is 1. The summed E-state index contributed by atoms with van der Waals surface area (Å²) >= 11 is 0. The fourth-order valence-corrected chi connectivity index (χ4v) is 2.82. The summed E-state index contributed by atoms with van der Waals surface area (Å²) in [5.74, 6) is 1.66. The number of benzene rings is 1. The van der Waals surface area contributed by atoms with Crippen LogP contribution in [-0.2, 0) is 13.0 Å². The van der Waals surface area contributed by atoms with Crippen LogP contribution in [0.15, 0.2) is 28.8 Å². The molecule has 1 atom stereocenters. The first-order valence-corrected chi connectivity index (χ1v) is 7.11. The van der Waals surface area contributed by atoms with Crippen molar-refractivity contribution in [2.75, 3.05) is 7.05 Å². The quantitative estimate of drug-likeness (QED) is 0.928. The van der Waals surface area contributed by atoms with Gasteiger partial charge in [-0.2, -0.15) is 0 Å². The number of nitrogens with zero attached hydrogens (tertiary/aromatic N) is 1. The number of hydrogen-bond donors (Lipinski definition) is 1. The van der Waals surface area contributed by atoms with Gasteiger partial charge in [-0.15, -0.1) is 0 Å². The third-order valence-corrected chi connectivity index (χ3v) is 3.84. The molecule has 106 valence electrons. The Morgan fingerprint density at radius 1 is 1.40 bits per heavy atom. The van der Waals surface area contributed by atoms with Gasteiger partial charge in [0.15, 0.2) is 5.76 Å². The molecule has 1 heterocycles. The molecular formula is C16H20N2O2. The average molecular weight is 272 g/mol. The third kappa shape index (κ3) is 2.70. The average Bonchev–Trinajstić information content (AvgIpc) is 2.89. The van der Waals surface area contributed by atoms with Crippen LogP contribution in [0.25, 0.3) is 0 Å². The first-order valence-electron chi connectivity index (χ1n) is 7.11. The van der Waals surface area contributed by atoms with Gasteiger partial charge in [0.2, 0.25) is 0 Å². The standard InChI is InChI=1S/C16H20N2O2/c1-11-8-14(20-18-11)10-19-13-6-7-15-12(9-13)4-3-5-16(15)17-2/h6-9,16-17H,3-5,10H2,1-2H3. The lowest BCUT2D eigenvalue weighted by Gasteiger charge is -2.25. The molecule has 0 spiro atoms. The van der Waals surface area contributed by atoms with Crippen LogP contribution >= 0.6 is 0 Å². The maximum Gasteiger partial charge on any atom is 0.174 e. The van der Waals surface area contributed by atoms with Crippen molar-refractivity contribution in [1.82, 2.24) is 10.5 Å². The number of fused-ring (bicyclic) bond motifs is 1. The van der Waals surface area contributed by atoms with E-state index in [1.54, 1.807) is 0 Å². The highest BCUT2D eigenvalue weighted by Gasteiger charge is 2.18. The minimum Gasteiger partial charge on any atom is -0.486 e. The predicted molar refractivity (Wildman–Crippen MR) is 76.8 cm³/mol. The molecule has 4 nitrogen and oxygen atoms in total. The van der Waals surface area contributed by atoms with Crippen LogP contribution < -0.4 is 10.1 Å². The summed E-state index contributed by atoms with van der Waals surface area (Å²) in [5, 5.41) is 7.23. The first-order chi connectivity index (χ1) is 9.76. The maximum absolute atomic E-state index is 5.79. The van der Waals surface area contributed by atoms with E-state index >= 15 is 0 Å².